The zero-order valence-corrected chi connectivity index (χ0v) is 14.4. The fraction of sp³-hybridized carbons (Fsp3) is 0.500. The molecule has 5 heteroatoms. The van der Waals surface area contributed by atoms with Crippen LogP contribution in [0.5, 0.6) is 5.75 Å². The van der Waals surface area contributed by atoms with Gasteiger partial charge in [0.15, 0.2) is 0 Å². The van der Waals surface area contributed by atoms with E-state index in [9.17, 15) is 0 Å². The Kier molecular flexibility index (Phi) is 7.07. The number of halogens is 3. The summed E-state index contributed by atoms with van der Waals surface area (Å²) in [6.45, 7) is 2.74. The van der Waals surface area contributed by atoms with Gasteiger partial charge >= 0.3 is 0 Å². The molecule has 2 N–H and O–H groups in total. The highest BCUT2D eigenvalue weighted by Crippen LogP contribution is 2.36. The third-order valence-corrected chi connectivity index (χ3v) is 3.90. The lowest BCUT2D eigenvalue weighted by Gasteiger charge is -2.11. The molecule has 0 heterocycles. The molecule has 0 amide bonds. The molecule has 17 heavy (non-hydrogen) atoms. The quantitative estimate of drug-likeness (QED) is 0.655. The fourth-order valence-electron chi connectivity index (χ4n) is 1.41. The zero-order valence-electron chi connectivity index (χ0n) is 9.68. The minimum atomic E-state index is 0.279. The molecule has 0 spiro atoms. The van der Waals surface area contributed by atoms with Crippen LogP contribution in [-0.2, 0) is 0 Å². The number of unbranched alkanes of at least 4 members (excludes halogenated alkanes) is 1. The molecule has 1 aromatic carbocycles. The van der Waals surface area contributed by atoms with Crippen LogP contribution in [0.15, 0.2) is 25.6 Å². The van der Waals surface area contributed by atoms with Crippen molar-refractivity contribution in [3.8, 4) is 5.75 Å². The van der Waals surface area contributed by atoms with Gasteiger partial charge in [-0.3, -0.25) is 0 Å². The molecule has 0 aliphatic heterocycles. The second-order valence-corrected chi connectivity index (χ2v) is 6.64. The predicted molar refractivity (Wildman–Crippen MR) is 82.5 cm³/mol. The Morgan fingerprint density at radius 1 is 1.18 bits per heavy atom. The maximum atomic E-state index is 5.75. The van der Waals surface area contributed by atoms with Crippen LogP contribution in [0.3, 0.4) is 0 Å². The van der Waals surface area contributed by atoms with Gasteiger partial charge in [-0.2, -0.15) is 0 Å². The average molecular weight is 430 g/mol. The van der Waals surface area contributed by atoms with Gasteiger partial charge in [0.1, 0.15) is 5.75 Å². The Bertz CT molecular complexity index is 346. The highest BCUT2D eigenvalue weighted by Gasteiger charge is 2.07. The van der Waals surface area contributed by atoms with Crippen molar-refractivity contribution in [3.63, 3.8) is 0 Å². The highest BCUT2D eigenvalue weighted by atomic mass is 79.9. The summed E-state index contributed by atoms with van der Waals surface area (Å²) in [4.78, 5) is 0. The summed E-state index contributed by atoms with van der Waals surface area (Å²) in [5.41, 5.74) is 5.69. The van der Waals surface area contributed by atoms with Crippen LogP contribution in [-0.4, -0.2) is 12.6 Å². The van der Waals surface area contributed by atoms with Crippen LogP contribution in [0.1, 0.15) is 26.2 Å². The zero-order chi connectivity index (χ0) is 12.8. The van der Waals surface area contributed by atoms with Gasteiger partial charge < -0.3 is 10.5 Å². The van der Waals surface area contributed by atoms with Crippen molar-refractivity contribution in [2.24, 2.45) is 5.73 Å². The summed E-state index contributed by atoms with van der Waals surface area (Å²) in [5, 5.41) is 0. The molecule has 0 fully saturated rings. The van der Waals surface area contributed by atoms with E-state index in [1.807, 2.05) is 19.1 Å². The third-order valence-electron chi connectivity index (χ3n) is 2.26. The highest BCUT2D eigenvalue weighted by molar-refractivity contribution is 9.11. The molecule has 1 unspecified atom stereocenters. The normalized spacial score (nSPS) is 12.5. The average Bonchev–Trinajstić information content (AvgIpc) is 2.20. The number of nitrogens with two attached hydrogens (primary N) is 1. The van der Waals surface area contributed by atoms with Gasteiger partial charge in [0.05, 0.1) is 15.6 Å². The molecule has 0 saturated carbocycles. The van der Waals surface area contributed by atoms with Crippen molar-refractivity contribution < 1.29 is 4.74 Å². The Labute approximate surface area is 128 Å². The smallest absolute Gasteiger partial charge is 0.147 e. The van der Waals surface area contributed by atoms with Gasteiger partial charge in [-0.1, -0.05) is 15.9 Å². The summed E-state index contributed by atoms with van der Waals surface area (Å²) in [6.07, 6.45) is 3.17. The Hall–Kier alpha value is 0.420. The molecule has 0 aromatic heterocycles. The van der Waals surface area contributed by atoms with Crippen molar-refractivity contribution in [2.75, 3.05) is 6.61 Å². The Balaban J connectivity index is 2.42. The van der Waals surface area contributed by atoms with Crippen molar-refractivity contribution >= 4 is 47.8 Å². The lowest BCUT2D eigenvalue weighted by molar-refractivity contribution is 0.300. The first-order chi connectivity index (χ1) is 8.00. The number of hydrogen-bond acceptors (Lipinski definition) is 2. The number of benzene rings is 1. The van der Waals surface area contributed by atoms with E-state index in [1.165, 1.54) is 0 Å². The Morgan fingerprint density at radius 2 is 1.76 bits per heavy atom. The van der Waals surface area contributed by atoms with Gasteiger partial charge in [0, 0.05) is 10.5 Å². The molecule has 0 bridgehead atoms. The standard InChI is InChI=1S/C12H16Br3NO/c1-8(16)4-2-3-5-17-12-10(14)6-9(13)7-11(12)15/h6-8H,2-5,16H2,1H3. The molecular weight excluding hydrogens is 414 g/mol. The maximum absolute atomic E-state index is 5.75. The second kappa shape index (κ2) is 7.77. The van der Waals surface area contributed by atoms with Crippen LogP contribution >= 0.6 is 47.8 Å². The first kappa shape index (κ1) is 15.5. The molecular formula is C12H16Br3NO. The molecule has 0 aliphatic carbocycles. The minimum absolute atomic E-state index is 0.279. The van der Waals surface area contributed by atoms with Gasteiger partial charge in [0.2, 0.25) is 0 Å². The SMILES string of the molecule is CC(N)CCCCOc1c(Br)cc(Br)cc1Br. The molecule has 0 radical (unpaired) electrons. The van der Waals surface area contributed by atoms with Crippen molar-refractivity contribution in [1.29, 1.82) is 0 Å². The molecule has 0 aliphatic rings. The predicted octanol–water partition coefficient (Wildman–Crippen LogP) is 4.87. The first-order valence-electron chi connectivity index (χ1n) is 5.53. The van der Waals surface area contributed by atoms with E-state index < -0.39 is 0 Å². The van der Waals surface area contributed by atoms with Crippen molar-refractivity contribution in [2.45, 2.75) is 32.2 Å². The summed E-state index contributed by atoms with van der Waals surface area (Å²) in [5.74, 6) is 0.856. The van der Waals surface area contributed by atoms with Crippen LogP contribution in [0.25, 0.3) is 0 Å². The minimum Gasteiger partial charge on any atom is -0.491 e. The molecule has 1 aromatic rings. The van der Waals surface area contributed by atoms with Gasteiger partial charge in [0.25, 0.3) is 0 Å². The summed E-state index contributed by atoms with van der Waals surface area (Å²) in [7, 11) is 0. The van der Waals surface area contributed by atoms with Crippen LogP contribution in [0, 0.1) is 0 Å². The van der Waals surface area contributed by atoms with Crippen LogP contribution < -0.4 is 10.5 Å². The second-order valence-electron chi connectivity index (χ2n) is 4.02. The van der Waals surface area contributed by atoms with E-state index in [0.717, 1.165) is 38.4 Å². The van der Waals surface area contributed by atoms with E-state index in [2.05, 4.69) is 47.8 Å². The van der Waals surface area contributed by atoms with E-state index in [1.54, 1.807) is 0 Å². The van der Waals surface area contributed by atoms with Crippen molar-refractivity contribution in [3.05, 3.63) is 25.6 Å². The Morgan fingerprint density at radius 3 is 2.29 bits per heavy atom. The van der Waals surface area contributed by atoms with Crippen LogP contribution in [0.4, 0.5) is 0 Å². The summed E-state index contributed by atoms with van der Waals surface area (Å²) in [6, 6.07) is 4.23. The largest absolute Gasteiger partial charge is 0.491 e. The molecule has 1 rings (SSSR count). The number of hydrogen-bond donors (Lipinski definition) is 1. The number of ether oxygens (including phenoxy) is 1. The molecule has 0 saturated heterocycles. The van der Waals surface area contributed by atoms with Gasteiger partial charge in [-0.05, 0) is 70.2 Å². The van der Waals surface area contributed by atoms with E-state index in [0.29, 0.717) is 6.61 Å². The summed E-state index contributed by atoms with van der Waals surface area (Å²) < 4.78 is 8.66. The maximum Gasteiger partial charge on any atom is 0.147 e. The molecule has 2 nitrogen and oxygen atoms in total. The van der Waals surface area contributed by atoms with Gasteiger partial charge in [-0.15, -0.1) is 0 Å². The third kappa shape index (κ3) is 5.73. The van der Waals surface area contributed by atoms with E-state index in [4.69, 9.17) is 10.5 Å². The monoisotopic (exact) mass is 427 g/mol. The summed E-state index contributed by atoms with van der Waals surface area (Å²) >= 11 is 10.4. The van der Waals surface area contributed by atoms with Gasteiger partial charge in [-0.25, -0.2) is 0 Å². The topological polar surface area (TPSA) is 35.2 Å². The lowest BCUT2D eigenvalue weighted by atomic mass is 10.1. The molecule has 96 valence electrons. The first-order valence-corrected chi connectivity index (χ1v) is 7.91. The van der Waals surface area contributed by atoms with Crippen molar-refractivity contribution in [1.82, 2.24) is 0 Å². The molecule has 1 atom stereocenters. The number of rotatable bonds is 6. The van der Waals surface area contributed by atoms with Crippen LogP contribution in [0.2, 0.25) is 0 Å². The van der Waals surface area contributed by atoms with E-state index in [-0.39, 0.29) is 6.04 Å². The fourth-order valence-corrected chi connectivity index (χ4v) is 3.90. The lowest BCUT2D eigenvalue weighted by Crippen LogP contribution is -2.14. The van der Waals surface area contributed by atoms with E-state index >= 15 is 0 Å².